The van der Waals surface area contributed by atoms with Crippen molar-refractivity contribution < 1.29 is 24.3 Å². The molecular formula is C11H26O5Si2. The van der Waals surface area contributed by atoms with Crippen LogP contribution in [0.25, 0.3) is 0 Å². The highest BCUT2D eigenvalue weighted by atomic mass is 28.3. The normalized spacial score (nSPS) is 12.3. The molecule has 0 N–H and O–H groups in total. The molecule has 0 heterocycles. The second kappa shape index (κ2) is 7.93. The Morgan fingerprint density at radius 1 is 0.778 bits per heavy atom. The van der Waals surface area contributed by atoms with Gasteiger partial charge in [0.1, 0.15) is 0 Å². The van der Waals surface area contributed by atoms with Gasteiger partial charge in [0, 0.05) is 16.1 Å². The summed E-state index contributed by atoms with van der Waals surface area (Å²) in [6.07, 6.45) is -0.943. The molecule has 18 heavy (non-hydrogen) atoms. The van der Waals surface area contributed by atoms with E-state index in [1.807, 2.05) is 0 Å². The molecule has 0 saturated heterocycles. The summed E-state index contributed by atoms with van der Waals surface area (Å²) in [4.78, 5) is 29.4. The van der Waals surface area contributed by atoms with Crippen molar-refractivity contribution in [2.24, 2.45) is 0 Å². The molecule has 0 bridgehead atoms. The maximum absolute atomic E-state index is 11.0. The maximum atomic E-state index is 11.0. The minimum atomic E-state index is -1.17. The van der Waals surface area contributed by atoms with E-state index in [2.05, 4.69) is 49.1 Å². The third-order valence-corrected chi connectivity index (χ3v) is 5.53. The van der Waals surface area contributed by atoms with Gasteiger partial charge in [0.2, 0.25) is 0 Å². The highest BCUT2D eigenvalue weighted by Crippen LogP contribution is 2.09. The molecule has 0 aliphatic carbocycles. The first-order valence-electron chi connectivity index (χ1n) is 6.23. The van der Waals surface area contributed by atoms with Gasteiger partial charge in [0.15, 0.2) is 0 Å². The number of rotatable bonds is 8. The Balaban J connectivity index is 3.44. The molecule has 0 saturated carbocycles. The van der Waals surface area contributed by atoms with Crippen LogP contribution in [0.5, 0.6) is 0 Å². The molecule has 0 atom stereocenters. The quantitative estimate of drug-likeness (QED) is 0.296. The average molecular weight is 294 g/mol. The fourth-order valence-electron chi connectivity index (χ4n) is 0.889. The standard InChI is InChI=1S/C11H26O5Si2/c1-17(2,3)9-7-13-15-11(12)16-14-8-10-18(4,5)6/h7-10H2,1-6H3. The van der Waals surface area contributed by atoms with Crippen molar-refractivity contribution in [3.63, 3.8) is 0 Å². The topological polar surface area (TPSA) is 54.0 Å². The molecule has 0 spiro atoms. The first kappa shape index (κ1) is 17.6. The number of hydrogen-bond acceptors (Lipinski definition) is 5. The zero-order valence-electron chi connectivity index (χ0n) is 12.4. The summed E-state index contributed by atoms with van der Waals surface area (Å²) in [7, 11) is -2.33. The van der Waals surface area contributed by atoms with E-state index in [-0.39, 0.29) is 0 Å². The summed E-state index contributed by atoms with van der Waals surface area (Å²) >= 11 is 0. The third-order valence-electron chi connectivity index (χ3n) is 2.12. The number of carbonyl (C=O) groups is 1. The van der Waals surface area contributed by atoms with E-state index in [1.54, 1.807) is 0 Å². The van der Waals surface area contributed by atoms with Gasteiger partial charge in [0.05, 0.1) is 13.2 Å². The van der Waals surface area contributed by atoms with Crippen LogP contribution in [-0.2, 0) is 19.6 Å². The van der Waals surface area contributed by atoms with Crippen LogP contribution in [0.4, 0.5) is 4.79 Å². The van der Waals surface area contributed by atoms with Crippen molar-refractivity contribution in [1.82, 2.24) is 0 Å². The smallest absolute Gasteiger partial charge is 0.257 e. The van der Waals surface area contributed by atoms with Crippen LogP contribution in [0.3, 0.4) is 0 Å². The van der Waals surface area contributed by atoms with Crippen LogP contribution in [-0.4, -0.2) is 35.5 Å². The predicted molar refractivity (Wildman–Crippen MR) is 75.8 cm³/mol. The van der Waals surface area contributed by atoms with Gasteiger partial charge < -0.3 is 0 Å². The Bertz CT molecular complexity index is 221. The summed E-state index contributed by atoms with van der Waals surface area (Å²) in [5.74, 6) is 0. The van der Waals surface area contributed by atoms with Crippen molar-refractivity contribution in [1.29, 1.82) is 0 Å². The zero-order chi connectivity index (χ0) is 14.2. The largest absolute Gasteiger partial charge is 0.573 e. The fraction of sp³-hybridized carbons (Fsp3) is 0.909. The molecule has 0 radical (unpaired) electrons. The van der Waals surface area contributed by atoms with E-state index in [4.69, 9.17) is 9.78 Å². The van der Waals surface area contributed by atoms with E-state index in [1.165, 1.54) is 0 Å². The number of carbonyl (C=O) groups excluding carboxylic acids is 1. The molecule has 108 valence electrons. The van der Waals surface area contributed by atoms with Crippen molar-refractivity contribution in [2.45, 2.75) is 51.4 Å². The monoisotopic (exact) mass is 294 g/mol. The van der Waals surface area contributed by atoms with Crippen LogP contribution in [0.2, 0.25) is 51.4 Å². The molecule has 0 rings (SSSR count). The molecule has 0 aromatic rings. The van der Waals surface area contributed by atoms with Crippen molar-refractivity contribution in [3.8, 4) is 0 Å². The van der Waals surface area contributed by atoms with Gasteiger partial charge >= 0.3 is 6.16 Å². The third kappa shape index (κ3) is 13.7. The van der Waals surface area contributed by atoms with E-state index >= 15 is 0 Å². The molecule has 0 aromatic carbocycles. The molecule has 0 fully saturated rings. The minimum absolute atomic E-state index is 0.403. The lowest BCUT2D eigenvalue weighted by molar-refractivity contribution is -0.316. The van der Waals surface area contributed by atoms with Crippen LogP contribution >= 0.6 is 0 Å². The molecule has 0 aromatic heterocycles. The number of hydrogen-bond donors (Lipinski definition) is 0. The van der Waals surface area contributed by atoms with Crippen molar-refractivity contribution in [3.05, 3.63) is 0 Å². The van der Waals surface area contributed by atoms with Gasteiger partial charge in [-0.05, 0) is 12.1 Å². The Hall–Kier alpha value is -0.376. The molecular weight excluding hydrogens is 268 g/mol. The van der Waals surface area contributed by atoms with Gasteiger partial charge in [0.25, 0.3) is 0 Å². The molecule has 7 heteroatoms. The summed E-state index contributed by atoms with van der Waals surface area (Å²) in [6, 6.07) is 1.85. The van der Waals surface area contributed by atoms with Gasteiger partial charge in [-0.2, -0.15) is 14.6 Å². The second-order valence-electron chi connectivity index (χ2n) is 6.68. The van der Waals surface area contributed by atoms with Crippen molar-refractivity contribution in [2.75, 3.05) is 13.2 Å². The molecule has 0 amide bonds. The molecule has 0 aliphatic rings. The molecule has 0 aliphatic heterocycles. The summed E-state index contributed by atoms with van der Waals surface area (Å²) in [6.45, 7) is 14.1. The van der Waals surface area contributed by atoms with Crippen molar-refractivity contribution >= 4 is 22.3 Å². The minimum Gasteiger partial charge on any atom is -0.257 e. The SMILES string of the molecule is C[Si](C)(C)CCOOC(=O)OOCC[Si](C)(C)C. The lowest BCUT2D eigenvalue weighted by Crippen LogP contribution is -2.23. The molecule has 0 unspecified atom stereocenters. The van der Waals surface area contributed by atoms with E-state index in [0.717, 1.165) is 12.1 Å². The fourth-order valence-corrected chi connectivity index (χ4v) is 2.28. The van der Waals surface area contributed by atoms with Gasteiger partial charge in [-0.3, -0.25) is 9.78 Å². The first-order valence-corrected chi connectivity index (χ1v) is 13.6. The van der Waals surface area contributed by atoms with Crippen LogP contribution in [0.15, 0.2) is 0 Å². The maximum Gasteiger partial charge on any atom is 0.573 e. The van der Waals surface area contributed by atoms with E-state index < -0.39 is 22.3 Å². The van der Waals surface area contributed by atoms with Gasteiger partial charge in [-0.25, -0.2) is 0 Å². The van der Waals surface area contributed by atoms with E-state index in [9.17, 15) is 4.79 Å². The van der Waals surface area contributed by atoms with Crippen LogP contribution < -0.4 is 0 Å². The highest BCUT2D eigenvalue weighted by molar-refractivity contribution is 6.76. The van der Waals surface area contributed by atoms with Crippen LogP contribution in [0, 0.1) is 0 Å². The summed E-state index contributed by atoms with van der Waals surface area (Å²) < 4.78 is 0. The molecule has 5 nitrogen and oxygen atoms in total. The van der Waals surface area contributed by atoms with E-state index in [0.29, 0.717) is 13.2 Å². The summed E-state index contributed by atoms with van der Waals surface area (Å²) in [5, 5.41) is 0. The average Bonchev–Trinajstić information content (AvgIpc) is 2.17. The van der Waals surface area contributed by atoms with Crippen LogP contribution in [0.1, 0.15) is 0 Å². The zero-order valence-corrected chi connectivity index (χ0v) is 14.4. The Morgan fingerprint density at radius 2 is 1.11 bits per heavy atom. The highest BCUT2D eigenvalue weighted by Gasteiger charge is 2.15. The first-order chi connectivity index (χ1) is 8.10. The Labute approximate surface area is 112 Å². The lowest BCUT2D eigenvalue weighted by atomic mass is 10.9. The van der Waals surface area contributed by atoms with Gasteiger partial charge in [-0.15, -0.1) is 0 Å². The second-order valence-corrected chi connectivity index (χ2v) is 17.9. The predicted octanol–water partition coefficient (Wildman–Crippen LogP) is 3.68. The Kier molecular flexibility index (Phi) is 7.76. The lowest BCUT2D eigenvalue weighted by Gasteiger charge is -2.15. The van der Waals surface area contributed by atoms with Gasteiger partial charge in [-0.1, -0.05) is 39.3 Å². The summed E-state index contributed by atoms with van der Waals surface area (Å²) in [5.41, 5.74) is 0. The Morgan fingerprint density at radius 3 is 1.39 bits per heavy atom.